The molecule has 1 aliphatic heterocycles. The molecule has 0 N–H and O–H groups in total. The maximum atomic E-state index is 12.9. The molecule has 1 aromatic heterocycles. The number of nitrogens with zero attached hydrogens (tertiary/aromatic N) is 3. The van der Waals surface area contributed by atoms with Crippen LogP contribution in [0.1, 0.15) is 20.7 Å². The van der Waals surface area contributed by atoms with Gasteiger partial charge in [0.15, 0.2) is 0 Å². The Morgan fingerprint density at radius 1 is 0.714 bits per heavy atom. The first-order chi connectivity index (χ1) is 13.6. The Bertz CT molecular complexity index is 975. The molecular weight excluding hydrogens is 374 g/mol. The van der Waals surface area contributed by atoms with E-state index in [9.17, 15) is 9.59 Å². The average molecular weight is 394 g/mol. The van der Waals surface area contributed by atoms with Gasteiger partial charge in [-0.15, -0.1) is 0 Å². The summed E-state index contributed by atoms with van der Waals surface area (Å²) in [5.41, 5.74) is 2.22. The van der Waals surface area contributed by atoms with E-state index in [2.05, 4.69) is 0 Å². The first kappa shape index (κ1) is 18.3. The van der Waals surface area contributed by atoms with Gasteiger partial charge in [-0.05, 0) is 54.6 Å². The number of amides is 2. The van der Waals surface area contributed by atoms with Crippen molar-refractivity contribution in [3.8, 4) is 5.69 Å². The van der Waals surface area contributed by atoms with E-state index in [1.807, 2.05) is 53.4 Å². The van der Waals surface area contributed by atoms with Crippen LogP contribution in [0, 0.1) is 0 Å². The second-order valence-corrected chi connectivity index (χ2v) is 7.17. The fourth-order valence-corrected chi connectivity index (χ4v) is 3.50. The molecular formula is C22H20ClN3O2. The van der Waals surface area contributed by atoms with Crippen molar-refractivity contribution in [2.75, 3.05) is 26.2 Å². The van der Waals surface area contributed by atoms with Crippen molar-refractivity contribution < 1.29 is 9.59 Å². The molecule has 0 saturated carbocycles. The SMILES string of the molecule is O=C(c1ccc(Cl)cc1)N1CCN(C(=O)c2cccc(-n3cccc3)c2)CC1. The zero-order valence-electron chi connectivity index (χ0n) is 15.3. The molecule has 1 fully saturated rings. The highest BCUT2D eigenvalue weighted by Crippen LogP contribution is 2.16. The fourth-order valence-electron chi connectivity index (χ4n) is 3.38. The van der Waals surface area contributed by atoms with Crippen LogP contribution in [0.5, 0.6) is 0 Å². The molecule has 3 aromatic rings. The number of rotatable bonds is 3. The van der Waals surface area contributed by atoms with Gasteiger partial charge in [0.05, 0.1) is 0 Å². The summed E-state index contributed by atoms with van der Waals surface area (Å²) in [7, 11) is 0. The van der Waals surface area contributed by atoms with Crippen LogP contribution in [0.15, 0.2) is 73.1 Å². The predicted molar refractivity (Wildman–Crippen MR) is 109 cm³/mol. The highest BCUT2D eigenvalue weighted by atomic mass is 35.5. The Hall–Kier alpha value is -3.05. The summed E-state index contributed by atoms with van der Waals surface area (Å²) in [6.45, 7) is 2.08. The lowest BCUT2D eigenvalue weighted by molar-refractivity contribution is 0.0535. The van der Waals surface area contributed by atoms with Crippen LogP contribution >= 0.6 is 11.6 Å². The Kier molecular flexibility index (Phi) is 5.17. The molecule has 1 aliphatic rings. The molecule has 2 amide bonds. The summed E-state index contributed by atoms with van der Waals surface area (Å²) < 4.78 is 1.97. The maximum absolute atomic E-state index is 12.9. The summed E-state index contributed by atoms with van der Waals surface area (Å²) in [5, 5.41) is 0.606. The molecule has 0 bridgehead atoms. The number of piperazine rings is 1. The molecule has 0 aliphatic carbocycles. The van der Waals surface area contributed by atoms with Crippen LogP contribution in [-0.2, 0) is 0 Å². The zero-order chi connectivity index (χ0) is 19.5. The average Bonchev–Trinajstić information content (AvgIpc) is 3.28. The Balaban J connectivity index is 1.41. The normalized spacial score (nSPS) is 14.2. The summed E-state index contributed by atoms with van der Waals surface area (Å²) in [6.07, 6.45) is 3.90. The fraction of sp³-hybridized carbons (Fsp3) is 0.182. The van der Waals surface area contributed by atoms with Crippen molar-refractivity contribution in [3.05, 3.63) is 89.2 Å². The van der Waals surface area contributed by atoms with Gasteiger partial charge in [0.1, 0.15) is 0 Å². The summed E-state index contributed by atoms with van der Waals surface area (Å²) in [5.74, 6) is -0.0361. The van der Waals surface area contributed by atoms with Gasteiger partial charge in [-0.2, -0.15) is 0 Å². The molecule has 4 rings (SSSR count). The van der Waals surface area contributed by atoms with Crippen molar-refractivity contribution in [1.82, 2.24) is 14.4 Å². The van der Waals surface area contributed by atoms with E-state index in [1.165, 1.54) is 0 Å². The van der Waals surface area contributed by atoms with Crippen molar-refractivity contribution in [2.45, 2.75) is 0 Å². The Labute approximate surface area is 168 Å². The molecule has 0 radical (unpaired) electrons. The van der Waals surface area contributed by atoms with Crippen molar-refractivity contribution in [1.29, 1.82) is 0 Å². The Morgan fingerprint density at radius 2 is 1.29 bits per heavy atom. The summed E-state index contributed by atoms with van der Waals surface area (Å²) >= 11 is 5.89. The van der Waals surface area contributed by atoms with E-state index < -0.39 is 0 Å². The second kappa shape index (κ2) is 7.90. The number of aromatic nitrogens is 1. The lowest BCUT2D eigenvalue weighted by Gasteiger charge is -2.35. The van der Waals surface area contributed by atoms with Crippen LogP contribution < -0.4 is 0 Å². The van der Waals surface area contributed by atoms with Gasteiger partial charge in [0.25, 0.3) is 11.8 Å². The van der Waals surface area contributed by atoms with Gasteiger partial charge in [-0.3, -0.25) is 9.59 Å². The summed E-state index contributed by atoms with van der Waals surface area (Å²) in [4.78, 5) is 29.1. The highest BCUT2D eigenvalue weighted by molar-refractivity contribution is 6.30. The minimum Gasteiger partial charge on any atom is -0.335 e. The largest absolute Gasteiger partial charge is 0.335 e. The van der Waals surface area contributed by atoms with Crippen LogP contribution in [0.25, 0.3) is 5.69 Å². The van der Waals surface area contributed by atoms with Crippen molar-refractivity contribution in [2.24, 2.45) is 0 Å². The summed E-state index contributed by atoms with van der Waals surface area (Å²) in [6, 6.07) is 18.4. The molecule has 2 aromatic carbocycles. The lowest BCUT2D eigenvalue weighted by atomic mass is 10.1. The third-order valence-corrected chi connectivity index (χ3v) is 5.19. The standard InChI is InChI=1S/C22H20ClN3O2/c23-19-8-6-17(7-9-19)21(27)25-12-14-26(15-13-25)22(28)18-4-3-5-20(16-18)24-10-1-2-11-24/h1-11,16H,12-15H2. The Morgan fingerprint density at radius 3 is 1.89 bits per heavy atom. The molecule has 0 spiro atoms. The van der Waals surface area contributed by atoms with Gasteiger partial charge in [0, 0.05) is 60.4 Å². The van der Waals surface area contributed by atoms with Gasteiger partial charge >= 0.3 is 0 Å². The predicted octanol–water partition coefficient (Wildman–Crippen LogP) is 3.73. The lowest BCUT2D eigenvalue weighted by Crippen LogP contribution is -2.50. The molecule has 0 unspecified atom stereocenters. The molecule has 142 valence electrons. The van der Waals surface area contributed by atoms with Gasteiger partial charge in [0.2, 0.25) is 0 Å². The van der Waals surface area contributed by atoms with E-state index in [-0.39, 0.29) is 11.8 Å². The molecule has 2 heterocycles. The van der Waals surface area contributed by atoms with E-state index in [0.29, 0.717) is 42.3 Å². The maximum Gasteiger partial charge on any atom is 0.254 e. The van der Waals surface area contributed by atoms with Gasteiger partial charge in [-0.1, -0.05) is 17.7 Å². The quantitative estimate of drug-likeness (QED) is 0.680. The van der Waals surface area contributed by atoms with Gasteiger partial charge < -0.3 is 14.4 Å². The van der Waals surface area contributed by atoms with Crippen molar-refractivity contribution in [3.63, 3.8) is 0 Å². The first-order valence-electron chi connectivity index (χ1n) is 9.19. The van der Waals surface area contributed by atoms with E-state index in [0.717, 1.165) is 5.69 Å². The molecule has 0 atom stereocenters. The van der Waals surface area contributed by atoms with Crippen LogP contribution in [0.2, 0.25) is 5.02 Å². The number of benzene rings is 2. The highest BCUT2D eigenvalue weighted by Gasteiger charge is 2.25. The monoisotopic (exact) mass is 393 g/mol. The van der Waals surface area contributed by atoms with E-state index in [1.54, 1.807) is 34.1 Å². The number of carbonyl (C=O) groups excluding carboxylic acids is 2. The zero-order valence-corrected chi connectivity index (χ0v) is 16.0. The molecule has 28 heavy (non-hydrogen) atoms. The second-order valence-electron chi connectivity index (χ2n) is 6.73. The number of halogens is 1. The molecule has 1 saturated heterocycles. The topological polar surface area (TPSA) is 45.6 Å². The minimum absolute atomic E-state index is 0.00685. The minimum atomic E-state index is -0.0293. The van der Waals surface area contributed by atoms with Crippen molar-refractivity contribution >= 4 is 23.4 Å². The first-order valence-corrected chi connectivity index (χ1v) is 9.57. The van der Waals surface area contributed by atoms with E-state index in [4.69, 9.17) is 11.6 Å². The molecule has 6 heteroatoms. The molecule has 5 nitrogen and oxygen atoms in total. The van der Waals surface area contributed by atoms with Crippen LogP contribution in [-0.4, -0.2) is 52.4 Å². The third kappa shape index (κ3) is 3.80. The number of hydrogen-bond acceptors (Lipinski definition) is 2. The number of hydrogen-bond donors (Lipinski definition) is 0. The van der Waals surface area contributed by atoms with Crippen LogP contribution in [0.3, 0.4) is 0 Å². The van der Waals surface area contributed by atoms with E-state index >= 15 is 0 Å². The van der Waals surface area contributed by atoms with Crippen LogP contribution in [0.4, 0.5) is 0 Å². The third-order valence-electron chi connectivity index (χ3n) is 4.94. The smallest absolute Gasteiger partial charge is 0.254 e. The number of carbonyl (C=O) groups is 2. The van der Waals surface area contributed by atoms with Gasteiger partial charge in [-0.25, -0.2) is 0 Å².